The standard InChI is InChI=1S/C24H21FN4.C23H19FN4/c1-29(16-13-18-5-3-2-4-6-18)24-27-17-22(19-7-9-21(25)10-8-19)23(28-24)20-11-14-26-15-12-20;24-20-8-6-18(7-9-20)21-16-27-23(26-15-10-17-4-2-1-3-5-17)28-22(21)19-11-13-25-14-12-19/h2-12,14-15,17H,13,16H2,1H3;1-9,11-14,16H,10,15H2,(H,26,27,28). The smallest absolute Gasteiger partial charge is 0.225 e. The lowest BCUT2D eigenvalue weighted by atomic mass is 10.0. The largest absolute Gasteiger partial charge is 0.354 e. The van der Waals surface area contributed by atoms with E-state index in [1.807, 2.05) is 78.8 Å². The summed E-state index contributed by atoms with van der Waals surface area (Å²) in [4.78, 5) is 28.9. The van der Waals surface area contributed by atoms with Gasteiger partial charge in [0.05, 0.1) is 11.4 Å². The zero-order valence-electron chi connectivity index (χ0n) is 31.4. The van der Waals surface area contributed by atoms with E-state index in [4.69, 9.17) is 9.97 Å². The van der Waals surface area contributed by atoms with Crippen LogP contribution in [-0.4, -0.2) is 50.0 Å². The van der Waals surface area contributed by atoms with Gasteiger partial charge in [-0.1, -0.05) is 84.9 Å². The second-order valence-electron chi connectivity index (χ2n) is 13.2. The molecule has 4 aromatic heterocycles. The first kappa shape index (κ1) is 38.1. The molecule has 0 fully saturated rings. The molecule has 0 amide bonds. The Labute approximate surface area is 331 Å². The van der Waals surface area contributed by atoms with Crippen LogP contribution in [0.15, 0.2) is 171 Å². The lowest BCUT2D eigenvalue weighted by molar-refractivity contribution is 0.627. The summed E-state index contributed by atoms with van der Waals surface area (Å²) in [6.07, 6.45) is 12.3. The fourth-order valence-corrected chi connectivity index (χ4v) is 6.17. The second kappa shape index (κ2) is 18.9. The van der Waals surface area contributed by atoms with Crippen molar-refractivity contribution in [3.8, 4) is 44.8 Å². The van der Waals surface area contributed by atoms with Gasteiger partial charge in [0.25, 0.3) is 0 Å². The molecule has 8 rings (SSSR count). The van der Waals surface area contributed by atoms with Crippen molar-refractivity contribution in [1.29, 1.82) is 0 Å². The molecule has 0 atom stereocenters. The molecule has 4 heterocycles. The number of nitrogens with zero attached hydrogens (tertiary/aromatic N) is 7. The summed E-state index contributed by atoms with van der Waals surface area (Å²) < 4.78 is 26.7. The highest BCUT2D eigenvalue weighted by molar-refractivity contribution is 5.81. The van der Waals surface area contributed by atoms with E-state index in [0.717, 1.165) is 70.7 Å². The lowest BCUT2D eigenvalue weighted by Crippen LogP contribution is -2.22. The maximum Gasteiger partial charge on any atom is 0.225 e. The number of pyridine rings is 2. The van der Waals surface area contributed by atoms with Crippen molar-refractivity contribution >= 4 is 11.9 Å². The predicted octanol–water partition coefficient (Wildman–Crippen LogP) is 10.0. The third-order valence-electron chi connectivity index (χ3n) is 9.24. The minimum absolute atomic E-state index is 0.266. The van der Waals surface area contributed by atoms with Crippen molar-refractivity contribution in [2.45, 2.75) is 12.8 Å². The Kier molecular flexibility index (Phi) is 12.6. The van der Waals surface area contributed by atoms with Crippen molar-refractivity contribution in [2.24, 2.45) is 0 Å². The second-order valence-corrected chi connectivity index (χ2v) is 13.2. The molecule has 10 heteroatoms. The lowest BCUT2D eigenvalue weighted by Gasteiger charge is -2.19. The normalized spacial score (nSPS) is 10.6. The van der Waals surface area contributed by atoms with E-state index in [9.17, 15) is 8.78 Å². The van der Waals surface area contributed by atoms with Crippen LogP contribution in [0.3, 0.4) is 0 Å². The first-order chi connectivity index (χ1) is 28.0. The highest BCUT2D eigenvalue weighted by Crippen LogP contribution is 2.32. The van der Waals surface area contributed by atoms with Crippen molar-refractivity contribution in [1.82, 2.24) is 29.9 Å². The summed E-state index contributed by atoms with van der Waals surface area (Å²) in [5.74, 6) is 0.680. The number of aromatic nitrogens is 6. The quantitative estimate of drug-likeness (QED) is 0.132. The van der Waals surface area contributed by atoms with Crippen LogP contribution in [0.5, 0.6) is 0 Å². The van der Waals surface area contributed by atoms with Gasteiger partial charge in [-0.2, -0.15) is 0 Å². The highest BCUT2D eigenvalue weighted by Gasteiger charge is 2.15. The van der Waals surface area contributed by atoms with E-state index in [2.05, 4.69) is 49.5 Å². The number of hydrogen-bond acceptors (Lipinski definition) is 8. The first-order valence-electron chi connectivity index (χ1n) is 18.6. The maximum absolute atomic E-state index is 13.4. The molecule has 0 aliphatic heterocycles. The Morgan fingerprint density at radius 3 is 1.51 bits per heavy atom. The van der Waals surface area contributed by atoms with Crippen LogP contribution in [0.2, 0.25) is 0 Å². The average Bonchev–Trinajstić information content (AvgIpc) is 3.27. The van der Waals surface area contributed by atoms with Crippen molar-refractivity contribution < 1.29 is 8.78 Å². The van der Waals surface area contributed by atoms with Gasteiger partial charge >= 0.3 is 0 Å². The monoisotopic (exact) mass is 754 g/mol. The SMILES string of the molecule is CN(CCc1ccccc1)c1ncc(-c2ccc(F)cc2)c(-c2ccncc2)n1.Fc1ccc(-c2cnc(NCCc3ccccc3)nc2-c2ccncc2)cc1. The minimum Gasteiger partial charge on any atom is -0.354 e. The number of hydrogen-bond donors (Lipinski definition) is 1. The summed E-state index contributed by atoms with van der Waals surface area (Å²) in [6.45, 7) is 1.53. The Bertz CT molecular complexity index is 2450. The maximum atomic E-state index is 13.4. The van der Waals surface area contributed by atoms with Gasteiger partial charge in [0.1, 0.15) is 11.6 Å². The number of anilines is 2. The van der Waals surface area contributed by atoms with E-state index in [1.54, 1.807) is 55.2 Å². The molecule has 4 aromatic carbocycles. The van der Waals surface area contributed by atoms with Gasteiger partial charge < -0.3 is 10.2 Å². The van der Waals surface area contributed by atoms with Crippen molar-refractivity contribution in [3.63, 3.8) is 0 Å². The summed E-state index contributed by atoms with van der Waals surface area (Å²) in [7, 11) is 1.99. The molecule has 0 aliphatic rings. The van der Waals surface area contributed by atoms with Crippen LogP contribution < -0.4 is 10.2 Å². The molecule has 282 valence electrons. The number of likely N-dealkylation sites (N-methyl/N-ethyl adjacent to an activating group) is 1. The summed E-state index contributed by atoms with van der Waals surface area (Å²) >= 11 is 0. The molecule has 0 spiro atoms. The van der Waals surface area contributed by atoms with Crippen LogP contribution in [0.4, 0.5) is 20.7 Å². The Balaban J connectivity index is 0.000000174. The molecule has 0 bridgehead atoms. The predicted molar refractivity (Wildman–Crippen MR) is 223 cm³/mol. The highest BCUT2D eigenvalue weighted by atomic mass is 19.1. The molecule has 0 aliphatic carbocycles. The van der Waals surface area contributed by atoms with Gasteiger partial charge in [-0.15, -0.1) is 0 Å². The van der Waals surface area contributed by atoms with Gasteiger partial charge in [-0.05, 0) is 83.6 Å². The number of benzene rings is 4. The molecule has 0 saturated heterocycles. The number of nitrogens with one attached hydrogen (secondary N) is 1. The molecule has 0 radical (unpaired) electrons. The molecule has 57 heavy (non-hydrogen) atoms. The van der Waals surface area contributed by atoms with E-state index in [0.29, 0.717) is 11.9 Å². The van der Waals surface area contributed by atoms with Gasteiger partial charge in [-0.25, -0.2) is 28.7 Å². The molecule has 8 nitrogen and oxygen atoms in total. The first-order valence-corrected chi connectivity index (χ1v) is 18.6. The van der Waals surface area contributed by atoms with Crippen molar-refractivity contribution in [3.05, 3.63) is 193 Å². The zero-order chi connectivity index (χ0) is 39.2. The van der Waals surface area contributed by atoms with Gasteiger partial charge in [0, 0.05) is 79.6 Å². The Morgan fingerprint density at radius 1 is 0.509 bits per heavy atom. The van der Waals surface area contributed by atoms with Crippen LogP contribution in [0.1, 0.15) is 11.1 Å². The van der Waals surface area contributed by atoms with Gasteiger partial charge in [0.15, 0.2) is 0 Å². The molecule has 1 N–H and O–H groups in total. The van der Waals surface area contributed by atoms with Crippen LogP contribution >= 0.6 is 0 Å². The van der Waals surface area contributed by atoms with Gasteiger partial charge in [0.2, 0.25) is 11.9 Å². The van der Waals surface area contributed by atoms with E-state index >= 15 is 0 Å². The summed E-state index contributed by atoms with van der Waals surface area (Å²) in [6, 6.07) is 41.0. The topological polar surface area (TPSA) is 92.6 Å². The van der Waals surface area contributed by atoms with Crippen molar-refractivity contribution in [2.75, 3.05) is 30.4 Å². The Morgan fingerprint density at radius 2 is 0.982 bits per heavy atom. The van der Waals surface area contributed by atoms with E-state index < -0.39 is 0 Å². The van der Waals surface area contributed by atoms with Crippen LogP contribution in [0.25, 0.3) is 44.8 Å². The fraction of sp³-hybridized carbons (Fsp3) is 0.106. The van der Waals surface area contributed by atoms with E-state index in [1.165, 1.54) is 35.4 Å². The molecular formula is C47H40F2N8. The number of rotatable bonds is 12. The Hall–Kier alpha value is -7.20. The molecular weight excluding hydrogens is 715 g/mol. The zero-order valence-corrected chi connectivity index (χ0v) is 31.4. The average molecular weight is 755 g/mol. The number of halogens is 2. The third-order valence-corrected chi connectivity index (χ3v) is 9.24. The van der Waals surface area contributed by atoms with Gasteiger partial charge in [-0.3, -0.25) is 9.97 Å². The third kappa shape index (κ3) is 10.3. The summed E-state index contributed by atoms with van der Waals surface area (Å²) in [5.41, 5.74) is 9.44. The molecule has 8 aromatic rings. The fourth-order valence-electron chi connectivity index (χ4n) is 6.17. The van der Waals surface area contributed by atoms with E-state index in [-0.39, 0.29) is 11.6 Å². The van der Waals surface area contributed by atoms with Crippen LogP contribution in [-0.2, 0) is 12.8 Å². The molecule has 0 saturated carbocycles. The van der Waals surface area contributed by atoms with Crippen LogP contribution in [0, 0.1) is 11.6 Å². The summed E-state index contributed by atoms with van der Waals surface area (Å²) in [5, 5.41) is 3.29. The minimum atomic E-state index is -0.269. The molecule has 0 unspecified atom stereocenters.